The molecule has 13 heavy (non-hydrogen) atoms. The van der Waals surface area contributed by atoms with Gasteiger partial charge in [-0.2, -0.15) is 0 Å². The predicted molar refractivity (Wildman–Crippen MR) is 55.0 cm³/mol. The molecule has 0 bridgehead atoms. The maximum atomic E-state index is 9.71. The van der Waals surface area contributed by atoms with Gasteiger partial charge in [0.1, 0.15) is 5.75 Å². The van der Waals surface area contributed by atoms with Crippen LogP contribution in [0.5, 0.6) is 5.75 Å². The minimum atomic E-state index is 0.423. The van der Waals surface area contributed by atoms with Crippen molar-refractivity contribution in [3.63, 3.8) is 0 Å². The quantitative estimate of drug-likeness (QED) is 0.743. The molecule has 72 valence electrons. The highest BCUT2D eigenvalue weighted by molar-refractivity contribution is 5.42. The number of hydrogen-bond donors (Lipinski definition) is 2. The van der Waals surface area contributed by atoms with Gasteiger partial charge in [0.25, 0.3) is 0 Å². The van der Waals surface area contributed by atoms with Crippen molar-refractivity contribution in [2.24, 2.45) is 0 Å². The molecule has 0 atom stereocenters. The van der Waals surface area contributed by atoms with Crippen molar-refractivity contribution in [2.45, 2.75) is 26.8 Å². The highest BCUT2D eigenvalue weighted by Crippen LogP contribution is 2.23. The lowest BCUT2D eigenvalue weighted by molar-refractivity contribution is 0.461. The number of rotatable bonds is 3. The van der Waals surface area contributed by atoms with Crippen LogP contribution in [-0.2, 0) is 13.0 Å². The number of benzene rings is 1. The number of phenols is 1. The Morgan fingerprint density at radius 3 is 2.62 bits per heavy atom. The fourth-order valence-corrected chi connectivity index (χ4v) is 1.46. The van der Waals surface area contributed by atoms with E-state index in [1.54, 1.807) is 0 Å². The summed E-state index contributed by atoms with van der Waals surface area (Å²) in [5.74, 6) is 0.423. The van der Waals surface area contributed by atoms with Gasteiger partial charge in [0.05, 0.1) is 0 Å². The molecule has 0 aliphatic heterocycles. The summed E-state index contributed by atoms with van der Waals surface area (Å²) in [5.41, 5.74) is 3.23. The van der Waals surface area contributed by atoms with Crippen LogP contribution in [0.25, 0.3) is 0 Å². The average molecular weight is 179 g/mol. The Morgan fingerprint density at radius 2 is 2.08 bits per heavy atom. The number of phenolic OH excluding ortho intramolecular Hbond substituents is 1. The van der Waals surface area contributed by atoms with E-state index in [1.165, 1.54) is 5.56 Å². The molecule has 0 aromatic heterocycles. The van der Waals surface area contributed by atoms with E-state index in [0.717, 1.165) is 24.1 Å². The van der Waals surface area contributed by atoms with Gasteiger partial charge in [-0.15, -0.1) is 0 Å². The van der Waals surface area contributed by atoms with Crippen molar-refractivity contribution in [3.05, 3.63) is 28.8 Å². The van der Waals surface area contributed by atoms with Gasteiger partial charge < -0.3 is 10.4 Å². The second kappa shape index (κ2) is 4.28. The minimum Gasteiger partial charge on any atom is -0.507 e. The molecular weight excluding hydrogens is 162 g/mol. The van der Waals surface area contributed by atoms with E-state index in [0.29, 0.717) is 5.75 Å². The van der Waals surface area contributed by atoms with E-state index in [1.807, 2.05) is 20.0 Å². The first kappa shape index (κ1) is 10.1. The lowest BCUT2D eigenvalue weighted by atomic mass is 10.0. The van der Waals surface area contributed by atoms with Gasteiger partial charge in [0.2, 0.25) is 0 Å². The van der Waals surface area contributed by atoms with Gasteiger partial charge in [0, 0.05) is 12.1 Å². The van der Waals surface area contributed by atoms with Crippen LogP contribution in [-0.4, -0.2) is 12.2 Å². The summed E-state index contributed by atoms with van der Waals surface area (Å²) in [7, 11) is 1.88. The van der Waals surface area contributed by atoms with E-state index < -0.39 is 0 Å². The second-order valence-electron chi connectivity index (χ2n) is 3.30. The highest BCUT2D eigenvalue weighted by Gasteiger charge is 2.04. The van der Waals surface area contributed by atoms with Crippen LogP contribution in [0.3, 0.4) is 0 Å². The molecule has 1 rings (SSSR count). The summed E-state index contributed by atoms with van der Waals surface area (Å²) in [5, 5.41) is 12.8. The van der Waals surface area contributed by atoms with E-state index in [9.17, 15) is 5.11 Å². The SMILES string of the molecule is CCc1cc(C)c(O)c(CNC)c1. The van der Waals surface area contributed by atoms with E-state index in [2.05, 4.69) is 18.3 Å². The molecule has 0 radical (unpaired) electrons. The first-order valence-electron chi connectivity index (χ1n) is 4.65. The van der Waals surface area contributed by atoms with E-state index in [4.69, 9.17) is 0 Å². The third kappa shape index (κ3) is 2.22. The Bertz CT molecular complexity index is 294. The molecule has 2 nitrogen and oxygen atoms in total. The molecule has 1 aromatic rings. The summed E-state index contributed by atoms with van der Waals surface area (Å²) in [6.45, 7) is 4.78. The smallest absolute Gasteiger partial charge is 0.122 e. The van der Waals surface area contributed by atoms with Crippen molar-refractivity contribution < 1.29 is 5.11 Å². The van der Waals surface area contributed by atoms with Gasteiger partial charge in [0.15, 0.2) is 0 Å². The molecule has 0 aliphatic carbocycles. The number of aromatic hydroxyl groups is 1. The number of hydrogen-bond acceptors (Lipinski definition) is 2. The third-order valence-corrected chi connectivity index (χ3v) is 2.21. The van der Waals surface area contributed by atoms with Crippen LogP contribution in [0.2, 0.25) is 0 Å². The Hall–Kier alpha value is -1.02. The number of nitrogens with one attached hydrogen (secondary N) is 1. The summed E-state index contributed by atoms with van der Waals surface area (Å²) in [6, 6.07) is 4.09. The number of aryl methyl sites for hydroxylation is 2. The molecule has 2 heteroatoms. The summed E-state index contributed by atoms with van der Waals surface area (Å²) in [4.78, 5) is 0. The molecule has 0 heterocycles. The zero-order valence-electron chi connectivity index (χ0n) is 8.52. The second-order valence-corrected chi connectivity index (χ2v) is 3.30. The molecule has 0 aliphatic rings. The van der Waals surface area contributed by atoms with E-state index in [-0.39, 0.29) is 0 Å². The molecule has 1 aromatic carbocycles. The largest absolute Gasteiger partial charge is 0.507 e. The van der Waals surface area contributed by atoms with Crippen LogP contribution in [0.15, 0.2) is 12.1 Å². The lowest BCUT2D eigenvalue weighted by Crippen LogP contribution is -2.06. The molecule has 0 saturated heterocycles. The van der Waals surface area contributed by atoms with E-state index >= 15 is 0 Å². The molecule has 0 fully saturated rings. The van der Waals surface area contributed by atoms with Crippen molar-refractivity contribution in [2.75, 3.05) is 7.05 Å². The Balaban J connectivity index is 3.09. The van der Waals surface area contributed by atoms with Gasteiger partial charge >= 0.3 is 0 Å². The Labute approximate surface area is 79.6 Å². The third-order valence-electron chi connectivity index (χ3n) is 2.21. The summed E-state index contributed by atoms with van der Waals surface area (Å²) >= 11 is 0. The molecule has 0 unspecified atom stereocenters. The fraction of sp³-hybridized carbons (Fsp3) is 0.455. The molecule has 0 amide bonds. The molecular formula is C11H17NO. The summed E-state index contributed by atoms with van der Waals surface area (Å²) in [6.07, 6.45) is 1.01. The molecule has 0 spiro atoms. The Kier molecular flexibility index (Phi) is 3.32. The minimum absolute atomic E-state index is 0.423. The van der Waals surface area contributed by atoms with Crippen LogP contribution in [0, 0.1) is 6.92 Å². The highest BCUT2D eigenvalue weighted by atomic mass is 16.3. The molecule has 2 N–H and O–H groups in total. The Morgan fingerprint density at radius 1 is 1.38 bits per heavy atom. The summed E-state index contributed by atoms with van der Waals surface area (Å²) < 4.78 is 0. The van der Waals surface area contributed by atoms with Crippen LogP contribution >= 0.6 is 0 Å². The monoisotopic (exact) mass is 179 g/mol. The van der Waals surface area contributed by atoms with Crippen molar-refractivity contribution in [1.29, 1.82) is 0 Å². The van der Waals surface area contributed by atoms with Gasteiger partial charge in [-0.25, -0.2) is 0 Å². The van der Waals surface area contributed by atoms with Crippen LogP contribution < -0.4 is 5.32 Å². The topological polar surface area (TPSA) is 32.3 Å². The van der Waals surface area contributed by atoms with Crippen molar-refractivity contribution >= 4 is 0 Å². The van der Waals surface area contributed by atoms with Crippen LogP contribution in [0.4, 0.5) is 0 Å². The lowest BCUT2D eigenvalue weighted by Gasteiger charge is -2.09. The van der Waals surface area contributed by atoms with Crippen molar-refractivity contribution in [1.82, 2.24) is 5.32 Å². The van der Waals surface area contributed by atoms with Crippen molar-refractivity contribution in [3.8, 4) is 5.75 Å². The zero-order valence-corrected chi connectivity index (χ0v) is 8.52. The zero-order chi connectivity index (χ0) is 9.84. The van der Waals surface area contributed by atoms with Gasteiger partial charge in [-0.1, -0.05) is 19.1 Å². The standard InChI is InChI=1S/C11H17NO/c1-4-9-5-8(2)11(13)10(6-9)7-12-3/h5-6,12-13H,4,7H2,1-3H3. The fourth-order valence-electron chi connectivity index (χ4n) is 1.46. The maximum absolute atomic E-state index is 9.71. The van der Waals surface area contributed by atoms with Crippen LogP contribution in [0.1, 0.15) is 23.6 Å². The first-order chi connectivity index (χ1) is 6.19. The maximum Gasteiger partial charge on any atom is 0.122 e. The first-order valence-corrected chi connectivity index (χ1v) is 4.65. The normalized spacial score (nSPS) is 10.4. The molecule has 0 saturated carbocycles. The average Bonchev–Trinajstić information content (AvgIpc) is 2.13. The van der Waals surface area contributed by atoms with Gasteiger partial charge in [-0.3, -0.25) is 0 Å². The van der Waals surface area contributed by atoms with Gasteiger partial charge in [-0.05, 0) is 31.5 Å². The predicted octanol–water partition coefficient (Wildman–Crippen LogP) is 1.98.